The van der Waals surface area contributed by atoms with Crippen LogP contribution in [0, 0.1) is 5.92 Å². The lowest BCUT2D eigenvalue weighted by Gasteiger charge is -2.26. The Balaban J connectivity index is 2.42. The molecule has 1 aliphatic rings. The van der Waals surface area contributed by atoms with Crippen LogP contribution >= 0.6 is 0 Å². The maximum Gasteiger partial charge on any atom is 0.314 e. The minimum atomic E-state index is -1.11. The van der Waals surface area contributed by atoms with Gasteiger partial charge < -0.3 is 10.2 Å². The van der Waals surface area contributed by atoms with Gasteiger partial charge in [-0.15, -0.1) is 0 Å². The van der Waals surface area contributed by atoms with E-state index in [-0.39, 0.29) is 18.0 Å². The van der Waals surface area contributed by atoms with Crippen molar-refractivity contribution in [3.8, 4) is 0 Å². The quantitative estimate of drug-likeness (QED) is 0.816. The fourth-order valence-electron chi connectivity index (χ4n) is 2.16. The van der Waals surface area contributed by atoms with Crippen LogP contribution in [0.15, 0.2) is 42.2 Å². The van der Waals surface area contributed by atoms with Crippen molar-refractivity contribution < 1.29 is 19.8 Å². The molecule has 4 heteroatoms. The number of carboxylic acid groups (broad SMARTS) is 1. The van der Waals surface area contributed by atoms with E-state index in [2.05, 4.69) is 0 Å². The van der Waals surface area contributed by atoms with Crippen molar-refractivity contribution >= 4 is 11.8 Å². The molecule has 0 heterocycles. The lowest BCUT2D eigenvalue weighted by molar-refractivity contribution is -0.142. The van der Waals surface area contributed by atoms with Gasteiger partial charge in [0.25, 0.3) is 0 Å². The fourth-order valence-corrected chi connectivity index (χ4v) is 2.16. The fraction of sp³-hybridized carbons (Fsp3) is 0.231. The van der Waals surface area contributed by atoms with Gasteiger partial charge in [-0.05, 0) is 5.56 Å². The van der Waals surface area contributed by atoms with Crippen molar-refractivity contribution in [3.05, 3.63) is 47.7 Å². The summed E-state index contributed by atoms with van der Waals surface area (Å²) in [6, 6.07) is 8.93. The Labute approximate surface area is 98.2 Å². The van der Waals surface area contributed by atoms with Gasteiger partial charge in [0.2, 0.25) is 0 Å². The van der Waals surface area contributed by atoms with E-state index < -0.39 is 17.8 Å². The molecule has 0 radical (unpaired) electrons. The Morgan fingerprint density at radius 2 is 1.88 bits per heavy atom. The van der Waals surface area contributed by atoms with Gasteiger partial charge in [-0.25, -0.2) is 0 Å². The second kappa shape index (κ2) is 4.41. The van der Waals surface area contributed by atoms with E-state index in [4.69, 9.17) is 5.11 Å². The molecule has 0 aromatic heterocycles. The molecule has 1 aromatic carbocycles. The van der Waals surface area contributed by atoms with Crippen molar-refractivity contribution in [3.63, 3.8) is 0 Å². The summed E-state index contributed by atoms with van der Waals surface area (Å²) in [6.07, 6.45) is 1.13. The predicted octanol–water partition coefficient (Wildman–Crippen LogP) is 1.89. The van der Waals surface area contributed by atoms with Crippen LogP contribution in [0.2, 0.25) is 0 Å². The molecule has 2 atom stereocenters. The number of carboxylic acids is 1. The smallest absolute Gasteiger partial charge is 0.314 e. The van der Waals surface area contributed by atoms with Crippen LogP contribution in [0.4, 0.5) is 0 Å². The molecule has 4 nitrogen and oxygen atoms in total. The van der Waals surface area contributed by atoms with Crippen molar-refractivity contribution in [1.29, 1.82) is 0 Å². The second-order valence-corrected chi connectivity index (χ2v) is 4.07. The van der Waals surface area contributed by atoms with Gasteiger partial charge in [0, 0.05) is 18.4 Å². The standard InChI is InChI=1S/C13H12O4/c14-9-6-10(8-4-2-1-3-5-8)12(13(16)17)11(15)7-9/h1-5,7,10,12,15H,6H2,(H,16,17)/t10-,12-/m1/s1. The van der Waals surface area contributed by atoms with Crippen LogP contribution in [0.3, 0.4) is 0 Å². The molecule has 0 amide bonds. The number of hydrogen-bond donors (Lipinski definition) is 2. The largest absolute Gasteiger partial charge is 0.511 e. The van der Waals surface area contributed by atoms with E-state index in [0.29, 0.717) is 0 Å². The average molecular weight is 232 g/mol. The number of benzene rings is 1. The third kappa shape index (κ3) is 2.20. The first-order valence-corrected chi connectivity index (χ1v) is 5.30. The molecule has 0 bridgehead atoms. The normalized spacial score (nSPS) is 24.2. The summed E-state index contributed by atoms with van der Waals surface area (Å²) < 4.78 is 0. The van der Waals surface area contributed by atoms with Gasteiger partial charge in [-0.3, -0.25) is 9.59 Å². The van der Waals surface area contributed by atoms with Crippen LogP contribution in [-0.2, 0) is 9.59 Å². The molecule has 2 N–H and O–H groups in total. The molecule has 0 saturated heterocycles. The zero-order chi connectivity index (χ0) is 12.4. The third-order valence-corrected chi connectivity index (χ3v) is 2.94. The van der Waals surface area contributed by atoms with Crippen LogP contribution in [0.1, 0.15) is 17.9 Å². The maximum absolute atomic E-state index is 11.4. The maximum atomic E-state index is 11.4. The lowest BCUT2D eigenvalue weighted by atomic mass is 9.77. The highest BCUT2D eigenvalue weighted by molar-refractivity contribution is 5.94. The van der Waals surface area contributed by atoms with Gasteiger partial charge in [-0.2, -0.15) is 0 Å². The minimum absolute atomic E-state index is 0.116. The van der Waals surface area contributed by atoms with E-state index in [1.807, 2.05) is 6.07 Å². The Morgan fingerprint density at radius 3 is 2.47 bits per heavy atom. The molecule has 1 aliphatic carbocycles. The first-order valence-electron chi connectivity index (χ1n) is 5.30. The number of aliphatic carboxylic acids is 1. The summed E-state index contributed by atoms with van der Waals surface area (Å²) in [5, 5.41) is 18.7. The number of aliphatic hydroxyl groups excluding tert-OH is 1. The van der Waals surface area contributed by atoms with Gasteiger partial charge in [0.1, 0.15) is 11.7 Å². The molecule has 88 valence electrons. The highest BCUT2D eigenvalue weighted by Gasteiger charge is 2.37. The van der Waals surface area contributed by atoms with Crippen molar-refractivity contribution in [1.82, 2.24) is 0 Å². The Morgan fingerprint density at radius 1 is 1.24 bits per heavy atom. The highest BCUT2D eigenvalue weighted by atomic mass is 16.4. The molecule has 0 unspecified atom stereocenters. The molecule has 17 heavy (non-hydrogen) atoms. The van der Waals surface area contributed by atoms with Gasteiger partial charge >= 0.3 is 5.97 Å². The predicted molar refractivity (Wildman–Crippen MR) is 60.6 cm³/mol. The topological polar surface area (TPSA) is 74.6 Å². The summed E-state index contributed by atoms with van der Waals surface area (Å²) in [4.78, 5) is 22.5. The molecule has 2 rings (SSSR count). The summed E-state index contributed by atoms with van der Waals surface area (Å²) in [7, 11) is 0. The molecule has 0 fully saturated rings. The van der Waals surface area contributed by atoms with Gasteiger partial charge in [0.15, 0.2) is 5.78 Å². The molecule has 0 saturated carbocycles. The number of rotatable bonds is 2. The first kappa shape index (κ1) is 11.4. The molecular weight excluding hydrogens is 220 g/mol. The Kier molecular flexibility index (Phi) is 2.95. The Hall–Kier alpha value is -2.10. The van der Waals surface area contributed by atoms with E-state index in [1.54, 1.807) is 24.3 Å². The van der Waals surface area contributed by atoms with E-state index in [9.17, 15) is 14.7 Å². The zero-order valence-corrected chi connectivity index (χ0v) is 9.04. The van der Waals surface area contributed by atoms with Crippen molar-refractivity contribution in [2.75, 3.05) is 0 Å². The number of allylic oxidation sites excluding steroid dienone is 1. The molecular formula is C13H12O4. The number of hydrogen-bond acceptors (Lipinski definition) is 3. The van der Waals surface area contributed by atoms with Gasteiger partial charge in [0.05, 0.1) is 0 Å². The summed E-state index contributed by atoms with van der Waals surface area (Å²) in [6.45, 7) is 0. The molecule has 0 spiro atoms. The van der Waals surface area contributed by atoms with Crippen molar-refractivity contribution in [2.24, 2.45) is 5.92 Å². The van der Waals surface area contributed by atoms with E-state index >= 15 is 0 Å². The number of carbonyl (C=O) groups is 2. The number of aliphatic hydroxyl groups is 1. The first-order chi connectivity index (χ1) is 8.09. The summed E-state index contributed by atoms with van der Waals surface area (Å²) in [5.41, 5.74) is 0.757. The van der Waals surface area contributed by atoms with Gasteiger partial charge in [-0.1, -0.05) is 30.3 Å². The minimum Gasteiger partial charge on any atom is -0.511 e. The Bertz CT molecular complexity index is 475. The van der Waals surface area contributed by atoms with E-state index in [1.165, 1.54) is 0 Å². The monoisotopic (exact) mass is 232 g/mol. The average Bonchev–Trinajstić information content (AvgIpc) is 2.28. The summed E-state index contributed by atoms with van der Waals surface area (Å²) >= 11 is 0. The highest BCUT2D eigenvalue weighted by Crippen LogP contribution is 2.36. The van der Waals surface area contributed by atoms with E-state index in [0.717, 1.165) is 11.6 Å². The number of ketones is 1. The van der Waals surface area contributed by atoms with Crippen molar-refractivity contribution in [2.45, 2.75) is 12.3 Å². The SMILES string of the molecule is O=C1C=C(O)[C@H](C(=O)O)[C@@H](c2ccccc2)C1. The van der Waals surface area contributed by atoms with Crippen LogP contribution < -0.4 is 0 Å². The lowest BCUT2D eigenvalue weighted by Crippen LogP contribution is -2.29. The van der Waals surface area contributed by atoms with Crippen LogP contribution in [0.5, 0.6) is 0 Å². The second-order valence-electron chi connectivity index (χ2n) is 4.07. The summed E-state index contributed by atoms with van der Waals surface area (Å²) in [5.74, 6) is -3.24. The van der Waals surface area contributed by atoms with Crippen LogP contribution in [-0.4, -0.2) is 22.0 Å². The molecule has 0 aliphatic heterocycles. The third-order valence-electron chi connectivity index (χ3n) is 2.94. The number of carbonyl (C=O) groups excluding carboxylic acids is 1. The molecule has 1 aromatic rings. The zero-order valence-electron chi connectivity index (χ0n) is 9.04. The van der Waals surface area contributed by atoms with Crippen LogP contribution in [0.25, 0.3) is 0 Å².